The van der Waals surface area contributed by atoms with Crippen LogP contribution in [0.4, 0.5) is 0 Å². The van der Waals surface area contributed by atoms with E-state index in [0.717, 1.165) is 41.6 Å². The van der Waals surface area contributed by atoms with Gasteiger partial charge in [-0.25, -0.2) is 0 Å². The zero-order chi connectivity index (χ0) is 16.3. The van der Waals surface area contributed by atoms with Crippen molar-refractivity contribution >= 4 is 0 Å². The normalized spacial score (nSPS) is 11.0. The van der Waals surface area contributed by atoms with Crippen LogP contribution in [0.15, 0.2) is 16.7 Å². The van der Waals surface area contributed by atoms with E-state index in [4.69, 9.17) is 14.0 Å². The van der Waals surface area contributed by atoms with E-state index in [2.05, 4.69) is 24.0 Å². The molecule has 1 heterocycles. The van der Waals surface area contributed by atoms with Crippen molar-refractivity contribution in [2.24, 2.45) is 0 Å². The molecule has 0 aliphatic heterocycles. The first-order chi connectivity index (χ1) is 10.5. The zero-order valence-corrected chi connectivity index (χ0v) is 14.2. The van der Waals surface area contributed by atoms with Crippen molar-refractivity contribution in [2.45, 2.75) is 33.9 Å². The van der Waals surface area contributed by atoms with E-state index in [0.29, 0.717) is 0 Å². The molecule has 5 heteroatoms. The molecule has 0 N–H and O–H groups in total. The highest BCUT2D eigenvalue weighted by Gasteiger charge is 2.14. The van der Waals surface area contributed by atoms with Gasteiger partial charge in [0, 0.05) is 18.7 Å². The minimum atomic E-state index is 0.758. The number of benzene rings is 1. The van der Waals surface area contributed by atoms with Crippen LogP contribution in [0.2, 0.25) is 0 Å². The third-order valence-electron chi connectivity index (χ3n) is 3.89. The highest BCUT2D eigenvalue weighted by atomic mass is 16.5. The van der Waals surface area contributed by atoms with Crippen LogP contribution in [0.25, 0.3) is 0 Å². The Morgan fingerprint density at radius 2 is 1.68 bits per heavy atom. The maximum atomic E-state index is 5.39. The van der Waals surface area contributed by atoms with Gasteiger partial charge in [-0.3, -0.25) is 4.90 Å². The van der Waals surface area contributed by atoms with Crippen LogP contribution in [-0.4, -0.2) is 31.3 Å². The van der Waals surface area contributed by atoms with Gasteiger partial charge in [0.2, 0.25) is 0 Å². The molecular formula is C17H24N2O3. The van der Waals surface area contributed by atoms with E-state index in [1.807, 2.05) is 26.0 Å². The quantitative estimate of drug-likeness (QED) is 0.820. The molecule has 5 nitrogen and oxygen atoms in total. The van der Waals surface area contributed by atoms with Gasteiger partial charge in [0.1, 0.15) is 5.76 Å². The molecule has 0 radical (unpaired) electrons. The molecule has 120 valence electrons. The Morgan fingerprint density at radius 3 is 2.23 bits per heavy atom. The van der Waals surface area contributed by atoms with Crippen LogP contribution < -0.4 is 9.47 Å². The number of nitrogens with zero attached hydrogens (tertiary/aromatic N) is 2. The Hall–Kier alpha value is -2.01. The molecule has 0 aliphatic carbocycles. The van der Waals surface area contributed by atoms with Gasteiger partial charge in [-0.15, -0.1) is 0 Å². The van der Waals surface area contributed by atoms with Crippen molar-refractivity contribution in [3.05, 3.63) is 40.3 Å². The number of methoxy groups -OCH3 is 2. The van der Waals surface area contributed by atoms with Crippen LogP contribution in [0.5, 0.6) is 11.5 Å². The molecule has 0 bridgehead atoms. The Labute approximate surface area is 131 Å². The lowest BCUT2D eigenvalue weighted by molar-refractivity contribution is 0.312. The average Bonchev–Trinajstić information content (AvgIpc) is 2.80. The van der Waals surface area contributed by atoms with Crippen molar-refractivity contribution in [1.29, 1.82) is 0 Å². The van der Waals surface area contributed by atoms with Gasteiger partial charge >= 0.3 is 0 Å². The van der Waals surface area contributed by atoms with Crippen molar-refractivity contribution in [3.8, 4) is 11.5 Å². The second kappa shape index (κ2) is 6.83. The lowest BCUT2D eigenvalue weighted by Crippen LogP contribution is -2.18. The van der Waals surface area contributed by atoms with E-state index in [1.165, 1.54) is 11.1 Å². The number of aromatic nitrogens is 1. The van der Waals surface area contributed by atoms with Gasteiger partial charge in [-0.05, 0) is 51.1 Å². The minimum absolute atomic E-state index is 0.758. The standard InChI is InChI=1S/C17H24N2O3/c1-11-7-16(20-5)17(21-6)8-14(11)9-19(4)10-15-12(2)18-22-13(15)3/h7-8H,9-10H2,1-6H3. The molecule has 0 spiro atoms. The summed E-state index contributed by atoms with van der Waals surface area (Å²) in [6.07, 6.45) is 0. The fraction of sp³-hybridized carbons (Fsp3) is 0.471. The van der Waals surface area contributed by atoms with Crippen LogP contribution in [0.3, 0.4) is 0 Å². The largest absolute Gasteiger partial charge is 0.493 e. The van der Waals surface area contributed by atoms with Crippen LogP contribution in [-0.2, 0) is 13.1 Å². The number of hydrogen-bond donors (Lipinski definition) is 0. The van der Waals surface area contributed by atoms with Crippen LogP contribution in [0, 0.1) is 20.8 Å². The molecule has 0 aliphatic rings. The van der Waals surface area contributed by atoms with E-state index in [1.54, 1.807) is 14.2 Å². The highest BCUT2D eigenvalue weighted by Crippen LogP contribution is 2.31. The molecule has 2 rings (SSSR count). The maximum Gasteiger partial charge on any atom is 0.161 e. The van der Waals surface area contributed by atoms with E-state index in [-0.39, 0.29) is 0 Å². The molecule has 0 saturated heterocycles. The number of hydrogen-bond acceptors (Lipinski definition) is 5. The second-order valence-electron chi connectivity index (χ2n) is 5.61. The Balaban J connectivity index is 2.16. The summed E-state index contributed by atoms with van der Waals surface area (Å²) in [7, 11) is 5.40. The van der Waals surface area contributed by atoms with Gasteiger partial charge in [0.25, 0.3) is 0 Å². The van der Waals surface area contributed by atoms with Gasteiger partial charge in [0.15, 0.2) is 11.5 Å². The summed E-state index contributed by atoms with van der Waals surface area (Å²) in [6.45, 7) is 7.62. The third kappa shape index (κ3) is 3.42. The summed E-state index contributed by atoms with van der Waals surface area (Å²) in [5.41, 5.74) is 4.50. The van der Waals surface area contributed by atoms with Crippen molar-refractivity contribution in [3.63, 3.8) is 0 Å². The zero-order valence-electron chi connectivity index (χ0n) is 14.2. The van der Waals surface area contributed by atoms with Crippen molar-refractivity contribution < 1.29 is 14.0 Å². The summed E-state index contributed by atoms with van der Waals surface area (Å²) in [6, 6.07) is 4.05. The monoisotopic (exact) mass is 304 g/mol. The first-order valence-corrected chi connectivity index (χ1v) is 7.28. The summed E-state index contributed by atoms with van der Waals surface area (Å²) >= 11 is 0. The summed E-state index contributed by atoms with van der Waals surface area (Å²) in [5, 5.41) is 4.01. The summed E-state index contributed by atoms with van der Waals surface area (Å²) in [5.74, 6) is 2.40. The van der Waals surface area contributed by atoms with E-state index in [9.17, 15) is 0 Å². The number of ether oxygens (including phenoxy) is 2. The molecule has 1 aromatic heterocycles. The van der Waals surface area contributed by atoms with Gasteiger partial charge in [0.05, 0.1) is 19.9 Å². The summed E-state index contributed by atoms with van der Waals surface area (Å²) < 4.78 is 15.9. The molecule has 0 unspecified atom stereocenters. The lowest BCUT2D eigenvalue weighted by atomic mass is 10.1. The molecular weight excluding hydrogens is 280 g/mol. The topological polar surface area (TPSA) is 47.7 Å². The Bertz CT molecular complexity index is 630. The minimum Gasteiger partial charge on any atom is -0.493 e. The highest BCUT2D eigenvalue weighted by molar-refractivity contribution is 5.47. The third-order valence-corrected chi connectivity index (χ3v) is 3.89. The van der Waals surface area contributed by atoms with Gasteiger partial charge < -0.3 is 14.0 Å². The fourth-order valence-electron chi connectivity index (χ4n) is 2.54. The van der Waals surface area contributed by atoms with Crippen molar-refractivity contribution in [2.75, 3.05) is 21.3 Å². The molecule has 0 fully saturated rings. The molecule has 1 aromatic carbocycles. The first-order valence-electron chi connectivity index (χ1n) is 7.28. The summed E-state index contributed by atoms with van der Waals surface area (Å²) in [4.78, 5) is 2.24. The molecule has 0 atom stereocenters. The Kier molecular flexibility index (Phi) is 5.08. The molecule has 2 aromatic rings. The lowest BCUT2D eigenvalue weighted by Gasteiger charge is -2.19. The van der Waals surface area contributed by atoms with Crippen LogP contribution >= 0.6 is 0 Å². The predicted octanol–water partition coefficient (Wildman–Crippen LogP) is 3.25. The van der Waals surface area contributed by atoms with Crippen LogP contribution in [0.1, 0.15) is 28.1 Å². The van der Waals surface area contributed by atoms with E-state index >= 15 is 0 Å². The van der Waals surface area contributed by atoms with Gasteiger partial charge in [-0.2, -0.15) is 0 Å². The predicted molar refractivity (Wildman–Crippen MR) is 85.4 cm³/mol. The average molecular weight is 304 g/mol. The number of aryl methyl sites for hydroxylation is 3. The fourth-order valence-corrected chi connectivity index (χ4v) is 2.54. The van der Waals surface area contributed by atoms with E-state index < -0.39 is 0 Å². The molecule has 0 saturated carbocycles. The SMILES string of the molecule is COc1cc(C)c(CN(C)Cc2c(C)noc2C)cc1OC. The molecule has 0 amide bonds. The Morgan fingerprint density at radius 1 is 1.05 bits per heavy atom. The second-order valence-corrected chi connectivity index (χ2v) is 5.61. The van der Waals surface area contributed by atoms with Gasteiger partial charge in [-0.1, -0.05) is 5.16 Å². The first kappa shape index (κ1) is 16.4. The maximum absolute atomic E-state index is 5.39. The smallest absolute Gasteiger partial charge is 0.161 e. The molecule has 22 heavy (non-hydrogen) atoms. The number of rotatable bonds is 6. The van der Waals surface area contributed by atoms with Crippen molar-refractivity contribution in [1.82, 2.24) is 10.1 Å².